The highest BCUT2D eigenvalue weighted by atomic mass is 19.1. The fourth-order valence-corrected chi connectivity index (χ4v) is 0.891. The smallest absolute Gasteiger partial charge is 0.335 e. The number of carbonyl (C=O) groups is 1. The predicted octanol–water partition coefficient (Wildman–Crippen LogP) is 1.93. The summed E-state index contributed by atoms with van der Waals surface area (Å²) < 4.78 is 22.6. The lowest BCUT2D eigenvalue weighted by Gasteiger charge is -2.07. The van der Waals surface area contributed by atoms with Gasteiger partial charge in [0.25, 0.3) is 0 Å². The SMILES string of the molecule is C=CC(=O)Oc1c(F)cccc1OC. The molecule has 0 radical (unpaired) electrons. The van der Waals surface area contributed by atoms with Crippen molar-refractivity contribution in [2.75, 3.05) is 7.11 Å². The molecule has 0 aliphatic carbocycles. The van der Waals surface area contributed by atoms with Crippen molar-refractivity contribution in [2.24, 2.45) is 0 Å². The van der Waals surface area contributed by atoms with Gasteiger partial charge in [0, 0.05) is 6.08 Å². The van der Waals surface area contributed by atoms with Crippen LogP contribution < -0.4 is 9.47 Å². The highest BCUT2D eigenvalue weighted by molar-refractivity contribution is 5.83. The second kappa shape index (κ2) is 4.41. The summed E-state index contributed by atoms with van der Waals surface area (Å²) in [6, 6.07) is 4.13. The zero-order valence-electron chi connectivity index (χ0n) is 7.62. The summed E-state index contributed by atoms with van der Waals surface area (Å²) in [5.41, 5.74) is 0. The third-order valence-electron chi connectivity index (χ3n) is 1.52. The molecule has 0 spiro atoms. The molecular formula is C10H9FO3. The Bertz CT molecular complexity index is 360. The van der Waals surface area contributed by atoms with Crippen LogP contribution in [0.5, 0.6) is 11.5 Å². The van der Waals surface area contributed by atoms with Gasteiger partial charge in [-0.2, -0.15) is 0 Å². The molecule has 0 fully saturated rings. The predicted molar refractivity (Wildman–Crippen MR) is 48.8 cm³/mol. The van der Waals surface area contributed by atoms with Crippen LogP contribution in [0.25, 0.3) is 0 Å². The van der Waals surface area contributed by atoms with Crippen molar-refractivity contribution in [1.29, 1.82) is 0 Å². The van der Waals surface area contributed by atoms with E-state index in [9.17, 15) is 9.18 Å². The first-order valence-corrected chi connectivity index (χ1v) is 3.85. The van der Waals surface area contributed by atoms with E-state index in [1.54, 1.807) is 0 Å². The number of ether oxygens (including phenoxy) is 2. The summed E-state index contributed by atoms with van der Waals surface area (Å²) in [7, 11) is 1.36. The van der Waals surface area contributed by atoms with Gasteiger partial charge >= 0.3 is 5.97 Å². The first-order valence-electron chi connectivity index (χ1n) is 3.85. The molecule has 14 heavy (non-hydrogen) atoms. The van der Waals surface area contributed by atoms with Gasteiger partial charge in [0.15, 0.2) is 11.6 Å². The van der Waals surface area contributed by atoms with Gasteiger partial charge in [-0.05, 0) is 12.1 Å². The van der Waals surface area contributed by atoms with Crippen LogP contribution in [0.2, 0.25) is 0 Å². The van der Waals surface area contributed by atoms with Crippen LogP contribution in [-0.2, 0) is 4.79 Å². The number of rotatable bonds is 3. The third-order valence-corrected chi connectivity index (χ3v) is 1.52. The van der Waals surface area contributed by atoms with Crippen molar-refractivity contribution >= 4 is 5.97 Å². The minimum absolute atomic E-state index is 0.167. The fraction of sp³-hybridized carbons (Fsp3) is 0.100. The number of esters is 1. The van der Waals surface area contributed by atoms with Gasteiger partial charge in [-0.1, -0.05) is 12.6 Å². The minimum atomic E-state index is -0.728. The highest BCUT2D eigenvalue weighted by Gasteiger charge is 2.12. The van der Waals surface area contributed by atoms with Crippen molar-refractivity contribution < 1.29 is 18.7 Å². The average molecular weight is 196 g/mol. The van der Waals surface area contributed by atoms with Crippen molar-refractivity contribution in [1.82, 2.24) is 0 Å². The zero-order valence-corrected chi connectivity index (χ0v) is 7.62. The summed E-state index contributed by atoms with van der Waals surface area (Å²) in [5.74, 6) is -1.44. The molecule has 0 aliphatic rings. The molecule has 3 nitrogen and oxygen atoms in total. The van der Waals surface area contributed by atoms with E-state index < -0.39 is 11.8 Å². The normalized spacial score (nSPS) is 9.29. The van der Waals surface area contributed by atoms with Crippen molar-refractivity contribution in [3.8, 4) is 11.5 Å². The lowest BCUT2D eigenvalue weighted by molar-refractivity contribution is -0.129. The fourth-order valence-electron chi connectivity index (χ4n) is 0.891. The molecule has 1 rings (SSSR count). The van der Waals surface area contributed by atoms with Gasteiger partial charge in [0.2, 0.25) is 5.75 Å². The number of hydrogen-bond donors (Lipinski definition) is 0. The number of methoxy groups -OCH3 is 1. The summed E-state index contributed by atoms with van der Waals surface area (Å²) in [5, 5.41) is 0. The molecule has 0 N–H and O–H groups in total. The van der Waals surface area contributed by atoms with Crippen molar-refractivity contribution in [2.45, 2.75) is 0 Å². The lowest BCUT2D eigenvalue weighted by Crippen LogP contribution is -2.06. The Kier molecular flexibility index (Phi) is 3.23. The van der Waals surface area contributed by atoms with Crippen LogP contribution in [0.1, 0.15) is 0 Å². The quantitative estimate of drug-likeness (QED) is 0.421. The molecular weight excluding hydrogens is 187 g/mol. The molecule has 0 aromatic heterocycles. The standard InChI is InChI=1S/C10H9FO3/c1-3-9(12)14-10-7(11)5-4-6-8(10)13-2/h3-6H,1H2,2H3. The molecule has 0 bridgehead atoms. The van der Waals surface area contributed by atoms with Crippen LogP contribution in [0, 0.1) is 5.82 Å². The number of carbonyl (C=O) groups excluding carboxylic acids is 1. The molecule has 0 saturated carbocycles. The Morgan fingerprint density at radius 3 is 2.86 bits per heavy atom. The maximum atomic E-state index is 13.1. The van der Waals surface area contributed by atoms with E-state index in [1.807, 2.05) is 0 Å². The van der Waals surface area contributed by atoms with Gasteiger partial charge in [-0.15, -0.1) is 0 Å². The van der Waals surface area contributed by atoms with Crippen LogP contribution in [0.4, 0.5) is 4.39 Å². The van der Waals surface area contributed by atoms with Crippen LogP contribution in [0.15, 0.2) is 30.9 Å². The first kappa shape index (κ1) is 10.2. The Morgan fingerprint density at radius 2 is 2.29 bits per heavy atom. The van der Waals surface area contributed by atoms with E-state index in [4.69, 9.17) is 4.74 Å². The Labute approximate surface area is 80.8 Å². The maximum absolute atomic E-state index is 13.1. The van der Waals surface area contributed by atoms with Crippen molar-refractivity contribution in [3.05, 3.63) is 36.7 Å². The van der Waals surface area contributed by atoms with E-state index in [2.05, 4.69) is 11.3 Å². The van der Waals surface area contributed by atoms with Gasteiger partial charge in [0.1, 0.15) is 0 Å². The molecule has 0 unspecified atom stereocenters. The summed E-state index contributed by atoms with van der Waals surface area (Å²) in [6.07, 6.45) is 0.950. The number of benzene rings is 1. The van der Waals surface area contributed by atoms with E-state index >= 15 is 0 Å². The Balaban J connectivity index is 3.04. The van der Waals surface area contributed by atoms with Crippen LogP contribution in [-0.4, -0.2) is 13.1 Å². The van der Waals surface area contributed by atoms with E-state index in [0.29, 0.717) is 0 Å². The molecule has 4 heteroatoms. The number of hydrogen-bond acceptors (Lipinski definition) is 3. The molecule has 0 heterocycles. The van der Waals surface area contributed by atoms with E-state index in [-0.39, 0.29) is 11.5 Å². The van der Waals surface area contributed by atoms with Crippen LogP contribution >= 0.6 is 0 Å². The Morgan fingerprint density at radius 1 is 1.57 bits per heavy atom. The molecule has 0 aliphatic heterocycles. The second-order valence-corrected chi connectivity index (χ2v) is 2.40. The molecule has 74 valence electrons. The highest BCUT2D eigenvalue weighted by Crippen LogP contribution is 2.29. The second-order valence-electron chi connectivity index (χ2n) is 2.40. The molecule has 1 aromatic rings. The Hall–Kier alpha value is -1.84. The van der Waals surface area contributed by atoms with Crippen molar-refractivity contribution in [3.63, 3.8) is 0 Å². The topological polar surface area (TPSA) is 35.5 Å². The number of halogens is 1. The van der Waals surface area contributed by atoms with Crippen LogP contribution in [0.3, 0.4) is 0 Å². The lowest BCUT2D eigenvalue weighted by atomic mass is 10.3. The number of para-hydroxylation sites is 1. The molecule has 1 aromatic carbocycles. The largest absolute Gasteiger partial charge is 0.493 e. The molecule has 0 amide bonds. The van der Waals surface area contributed by atoms with Gasteiger partial charge in [-0.25, -0.2) is 9.18 Å². The van der Waals surface area contributed by atoms with Gasteiger partial charge in [-0.3, -0.25) is 0 Å². The molecule has 0 saturated heterocycles. The summed E-state index contributed by atoms with van der Waals surface area (Å²) >= 11 is 0. The average Bonchev–Trinajstić information content (AvgIpc) is 2.20. The van der Waals surface area contributed by atoms with Gasteiger partial charge in [0.05, 0.1) is 7.11 Å². The zero-order chi connectivity index (χ0) is 10.6. The minimum Gasteiger partial charge on any atom is -0.493 e. The maximum Gasteiger partial charge on any atom is 0.335 e. The van der Waals surface area contributed by atoms with Gasteiger partial charge < -0.3 is 9.47 Å². The monoisotopic (exact) mass is 196 g/mol. The molecule has 0 atom stereocenters. The van der Waals surface area contributed by atoms with E-state index in [1.165, 1.54) is 25.3 Å². The third kappa shape index (κ3) is 2.10. The van der Waals surface area contributed by atoms with E-state index in [0.717, 1.165) is 6.08 Å². The first-order chi connectivity index (χ1) is 6.69. The summed E-state index contributed by atoms with van der Waals surface area (Å²) in [6.45, 7) is 3.20. The summed E-state index contributed by atoms with van der Waals surface area (Å²) in [4.78, 5) is 10.8.